The van der Waals surface area contributed by atoms with Crippen molar-refractivity contribution < 1.29 is 4.79 Å². The van der Waals surface area contributed by atoms with Crippen molar-refractivity contribution in [1.82, 2.24) is 15.3 Å². The van der Waals surface area contributed by atoms with Gasteiger partial charge in [0.15, 0.2) is 0 Å². The van der Waals surface area contributed by atoms with Gasteiger partial charge in [0.2, 0.25) is 0 Å². The molecule has 0 saturated heterocycles. The molecule has 1 amide bonds. The van der Waals surface area contributed by atoms with E-state index in [-0.39, 0.29) is 17.4 Å². The largest absolute Gasteiger partial charge is 0.375 e. The molecule has 7 heteroatoms. The van der Waals surface area contributed by atoms with Crippen molar-refractivity contribution in [3.05, 3.63) is 97.8 Å². The summed E-state index contributed by atoms with van der Waals surface area (Å²) in [6.07, 6.45) is 3.67. The van der Waals surface area contributed by atoms with Gasteiger partial charge in [-0.05, 0) is 55.2 Å². The van der Waals surface area contributed by atoms with Gasteiger partial charge in [-0.25, -0.2) is 4.79 Å². The van der Waals surface area contributed by atoms with Crippen LogP contribution in [0.5, 0.6) is 0 Å². The van der Waals surface area contributed by atoms with Crippen LogP contribution in [0.4, 0.5) is 5.69 Å². The van der Waals surface area contributed by atoms with E-state index in [2.05, 4.69) is 44.9 Å². The van der Waals surface area contributed by atoms with E-state index in [1.54, 1.807) is 0 Å². The Morgan fingerprint density at radius 3 is 2.34 bits per heavy atom. The molecule has 0 unspecified atom stereocenters. The quantitative estimate of drug-likeness (QED) is 0.479. The Morgan fingerprint density at radius 1 is 0.938 bits per heavy atom. The Balaban J connectivity index is 1.45. The van der Waals surface area contributed by atoms with Crippen LogP contribution in [-0.2, 0) is 6.54 Å². The molecule has 1 aliphatic carbocycles. The number of aromatic amines is 2. The maximum Gasteiger partial charge on any atom is 0.326 e. The number of rotatable bonds is 6. The fourth-order valence-electron chi connectivity index (χ4n) is 4.37. The third-order valence-electron chi connectivity index (χ3n) is 6.22. The fraction of sp³-hybridized carbons (Fsp3) is 0.320. The molecule has 32 heavy (non-hydrogen) atoms. The molecule has 1 saturated carbocycles. The molecule has 1 heterocycles. The molecule has 4 N–H and O–H groups in total. The third-order valence-corrected chi connectivity index (χ3v) is 6.22. The first-order valence-electron chi connectivity index (χ1n) is 11.0. The van der Waals surface area contributed by atoms with Gasteiger partial charge >= 0.3 is 5.69 Å². The normalized spacial score (nSPS) is 18.2. The van der Waals surface area contributed by atoms with Crippen LogP contribution >= 0.6 is 0 Å². The van der Waals surface area contributed by atoms with Gasteiger partial charge in [0.05, 0.1) is 0 Å². The number of aryl methyl sites for hydroxylation is 1. The van der Waals surface area contributed by atoms with Crippen LogP contribution in [0.25, 0.3) is 0 Å². The van der Waals surface area contributed by atoms with Crippen molar-refractivity contribution >= 4 is 11.6 Å². The zero-order valence-corrected chi connectivity index (χ0v) is 18.1. The smallest absolute Gasteiger partial charge is 0.326 e. The second-order valence-electron chi connectivity index (χ2n) is 8.37. The molecule has 7 nitrogen and oxygen atoms in total. The predicted molar refractivity (Wildman–Crippen MR) is 125 cm³/mol. The number of anilines is 1. The van der Waals surface area contributed by atoms with E-state index >= 15 is 0 Å². The Labute approximate surface area is 186 Å². The summed E-state index contributed by atoms with van der Waals surface area (Å²) in [7, 11) is 0. The van der Waals surface area contributed by atoms with E-state index in [9.17, 15) is 14.4 Å². The van der Waals surface area contributed by atoms with Crippen molar-refractivity contribution in [3.8, 4) is 0 Å². The number of benzene rings is 2. The maximum atomic E-state index is 13.0. The molecule has 3 aromatic rings. The molecule has 1 aromatic heterocycles. The minimum absolute atomic E-state index is 0.00877. The Morgan fingerprint density at radius 2 is 1.62 bits per heavy atom. The first-order chi connectivity index (χ1) is 15.5. The van der Waals surface area contributed by atoms with Gasteiger partial charge in [0.1, 0.15) is 11.4 Å². The summed E-state index contributed by atoms with van der Waals surface area (Å²) in [6.45, 7) is 2.35. The highest BCUT2D eigenvalue weighted by Gasteiger charge is 2.25. The number of carbonyl (C=O) groups excluding carboxylic acids is 1. The van der Waals surface area contributed by atoms with Gasteiger partial charge in [0.25, 0.3) is 11.5 Å². The molecule has 0 atom stereocenters. The Kier molecular flexibility index (Phi) is 6.54. The minimum Gasteiger partial charge on any atom is -0.375 e. The number of H-pyrrole nitrogens is 2. The van der Waals surface area contributed by atoms with E-state index in [1.165, 1.54) is 5.56 Å². The average molecular weight is 433 g/mol. The van der Waals surface area contributed by atoms with Gasteiger partial charge in [-0.15, -0.1) is 0 Å². The van der Waals surface area contributed by atoms with Crippen molar-refractivity contribution in [1.29, 1.82) is 0 Å². The van der Waals surface area contributed by atoms with Gasteiger partial charge in [-0.2, -0.15) is 0 Å². The highest BCUT2D eigenvalue weighted by Crippen LogP contribution is 2.32. The summed E-state index contributed by atoms with van der Waals surface area (Å²) in [6, 6.07) is 18.2. The first kappa shape index (κ1) is 21.6. The van der Waals surface area contributed by atoms with Gasteiger partial charge in [0, 0.05) is 12.6 Å². The van der Waals surface area contributed by atoms with E-state index in [0.29, 0.717) is 12.5 Å². The molecule has 0 spiro atoms. The van der Waals surface area contributed by atoms with Gasteiger partial charge < -0.3 is 15.6 Å². The number of amides is 1. The third kappa shape index (κ3) is 4.99. The summed E-state index contributed by atoms with van der Waals surface area (Å²) in [5, 5.41) is 6.05. The highest BCUT2D eigenvalue weighted by molar-refractivity contribution is 5.97. The average Bonchev–Trinajstić information content (AvgIpc) is 2.80. The highest BCUT2D eigenvalue weighted by atomic mass is 16.2. The van der Waals surface area contributed by atoms with E-state index in [1.807, 2.05) is 37.3 Å². The lowest BCUT2D eigenvalue weighted by Crippen LogP contribution is -2.40. The fourth-order valence-corrected chi connectivity index (χ4v) is 4.37. The van der Waals surface area contributed by atoms with Crippen LogP contribution in [0, 0.1) is 6.92 Å². The lowest BCUT2D eigenvalue weighted by Gasteiger charge is -2.29. The van der Waals surface area contributed by atoms with Crippen LogP contribution in [0.2, 0.25) is 0 Å². The van der Waals surface area contributed by atoms with Gasteiger partial charge in [-0.1, -0.05) is 54.6 Å². The van der Waals surface area contributed by atoms with Crippen molar-refractivity contribution in [2.24, 2.45) is 0 Å². The lowest BCUT2D eigenvalue weighted by atomic mass is 9.82. The molecular formula is C25H28N4O3. The second kappa shape index (κ2) is 9.68. The van der Waals surface area contributed by atoms with E-state index in [0.717, 1.165) is 36.8 Å². The SMILES string of the molecule is Cc1ccccc1CNc1c(C(=O)N[C@H]2CC[C@@H](c3ccccc3)CC2)[nH]c(=O)[nH]c1=O. The zero-order valence-electron chi connectivity index (χ0n) is 18.1. The van der Waals surface area contributed by atoms with Crippen LogP contribution in [0.3, 0.4) is 0 Å². The molecular weight excluding hydrogens is 404 g/mol. The van der Waals surface area contributed by atoms with Crippen molar-refractivity contribution in [2.45, 2.75) is 51.1 Å². The number of nitrogens with one attached hydrogen (secondary N) is 4. The topological polar surface area (TPSA) is 107 Å². The van der Waals surface area contributed by atoms with Crippen molar-refractivity contribution in [2.75, 3.05) is 5.32 Å². The number of hydrogen-bond donors (Lipinski definition) is 4. The molecule has 2 aromatic carbocycles. The number of hydrogen-bond acceptors (Lipinski definition) is 4. The van der Waals surface area contributed by atoms with Crippen LogP contribution < -0.4 is 21.9 Å². The zero-order chi connectivity index (χ0) is 22.5. The molecule has 1 aliphatic rings. The standard InChI is InChI=1S/C25H28N4O3/c1-16-7-5-6-10-19(16)15-26-21-22(28-25(32)29-23(21)30)24(31)27-20-13-11-18(12-14-20)17-8-3-2-4-9-17/h2-10,18,20,26H,11-15H2,1H3,(H,27,31)(H2,28,29,30,32)/t18-,20+. The summed E-state index contributed by atoms with van der Waals surface area (Å²) in [5.41, 5.74) is 2.14. The first-order valence-corrected chi connectivity index (χ1v) is 11.0. The van der Waals surface area contributed by atoms with E-state index in [4.69, 9.17) is 0 Å². The summed E-state index contributed by atoms with van der Waals surface area (Å²) in [5.74, 6) is 0.0544. The maximum absolute atomic E-state index is 13.0. The number of carbonyl (C=O) groups is 1. The summed E-state index contributed by atoms with van der Waals surface area (Å²) in [4.78, 5) is 42.0. The molecule has 166 valence electrons. The van der Waals surface area contributed by atoms with Gasteiger partial charge in [-0.3, -0.25) is 14.6 Å². The van der Waals surface area contributed by atoms with E-state index < -0.39 is 17.2 Å². The monoisotopic (exact) mass is 432 g/mol. The Bertz CT molecular complexity index is 1190. The summed E-state index contributed by atoms with van der Waals surface area (Å²) >= 11 is 0. The second-order valence-corrected chi connectivity index (χ2v) is 8.37. The van der Waals surface area contributed by atoms with Crippen molar-refractivity contribution in [3.63, 3.8) is 0 Å². The molecule has 0 radical (unpaired) electrons. The molecule has 0 bridgehead atoms. The van der Waals surface area contributed by atoms with Crippen LogP contribution in [0.1, 0.15) is 58.8 Å². The molecule has 1 fully saturated rings. The molecule has 4 rings (SSSR count). The Hall–Kier alpha value is -3.61. The lowest BCUT2D eigenvalue weighted by molar-refractivity contribution is 0.0921. The van der Waals surface area contributed by atoms with Crippen LogP contribution in [0.15, 0.2) is 64.2 Å². The van der Waals surface area contributed by atoms with Crippen LogP contribution in [-0.4, -0.2) is 21.9 Å². The predicted octanol–water partition coefficient (Wildman–Crippen LogP) is 3.44. The minimum atomic E-state index is -0.700. The summed E-state index contributed by atoms with van der Waals surface area (Å²) < 4.78 is 0. The number of aromatic nitrogens is 2. The molecule has 0 aliphatic heterocycles.